The topological polar surface area (TPSA) is 66.4 Å². The number of fused-ring (bicyclic) bond motifs is 3. The third-order valence-electron chi connectivity index (χ3n) is 3.92. The molecule has 0 spiro atoms. The first-order valence-electron chi connectivity index (χ1n) is 6.66. The summed E-state index contributed by atoms with van der Waals surface area (Å²) >= 11 is 0. The maximum atomic E-state index is 10.4. The molecule has 110 valence electrons. The lowest BCUT2D eigenvalue weighted by Gasteiger charge is -2.39. The van der Waals surface area contributed by atoms with Gasteiger partial charge in [0.1, 0.15) is 36.6 Å². The van der Waals surface area contributed by atoms with E-state index in [1.165, 1.54) is 0 Å². The van der Waals surface area contributed by atoms with E-state index in [1.807, 2.05) is 27.7 Å². The van der Waals surface area contributed by atoms with Crippen LogP contribution >= 0.6 is 0 Å². The summed E-state index contributed by atoms with van der Waals surface area (Å²) in [6.45, 7) is 7.35. The smallest absolute Gasteiger partial charge is 0.164 e. The zero-order valence-electron chi connectivity index (χ0n) is 12.0. The summed E-state index contributed by atoms with van der Waals surface area (Å²) in [5.74, 6) is -1.45. The van der Waals surface area contributed by atoms with Gasteiger partial charge in [0.15, 0.2) is 11.6 Å². The van der Waals surface area contributed by atoms with Crippen LogP contribution in [0.15, 0.2) is 0 Å². The number of ether oxygens (including phenoxy) is 5. The van der Waals surface area contributed by atoms with Crippen LogP contribution in [0.5, 0.6) is 0 Å². The van der Waals surface area contributed by atoms with Crippen molar-refractivity contribution in [1.29, 1.82) is 0 Å². The van der Waals surface area contributed by atoms with Gasteiger partial charge in [-0.2, -0.15) is 0 Å². The monoisotopic (exact) mass is 274 g/mol. The number of hydrogen-bond acceptors (Lipinski definition) is 6. The molecule has 6 heteroatoms. The zero-order valence-corrected chi connectivity index (χ0v) is 12.0. The molecule has 19 heavy (non-hydrogen) atoms. The highest BCUT2D eigenvalue weighted by atomic mass is 16.8. The first-order chi connectivity index (χ1) is 8.74. The molecule has 0 aromatic carbocycles. The molecule has 1 aliphatic carbocycles. The molecular weight excluding hydrogens is 252 g/mol. The van der Waals surface area contributed by atoms with E-state index in [9.17, 15) is 5.11 Å². The molecule has 3 aliphatic rings. The number of aliphatic hydroxyl groups is 1. The molecule has 0 unspecified atom stereocenters. The second kappa shape index (κ2) is 4.13. The predicted octanol–water partition coefficient (Wildman–Crippen LogP) is 0.416. The van der Waals surface area contributed by atoms with Gasteiger partial charge in [0.2, 0.25) is 0 Å². The molecule has 0 bridgehead atoms. The van der Waals surface area contributed by atoms with Gasteiger partial charge in [-0.25, -0.2) is 0 Å². The normalized spacial score (nSPS) is 50.8. The Morgan fingerprint density at radius 3 is 1.74 bits per heavy atom. The zero-order chi connectivity index (χ0) is 14.0. The highest BCUT2D eigenvalue weighted by molar-refractivity contribution is 5.08. The summed E-state index contributed by atoms with van der Waals surface area (Å²) < 4.78 is 28.8. The fourth-order valence-electron chi connectivity index (χ4n) is 3.32. The molecule has 0 radical (unpaired) electrons. The molecule has 3 rings (SSSR count). The minimum absolute atomic E-state index is 0.296. The Labute approximate surface area is 112 Å². The Kier molecular flexibility index (Phi) is 2.98. The Hall–Kier alpha value is -0.240. The second-order valence-corrected chi connectivity index (χ2v) is 6.32. The fourth-order valence-corrected chi connectivity index (χ4v) is 3.32. The van der Waals surface area contributed by atoms with E-state index in [4.69, 9.17) is 23.7 Å². The largest absolute Gasteiger partial charge is 0.387 e. The van der Waals surface area contributed by atoms with Crippen LogP contribution in [-0.2, 0) is 23.7 Å². The van der Waals surface area contributed by atoms with Crippen LogP contribution in [0.4, 0.5) is 0 Å². The molecule has 2 heterocycles. The van der Waals surface area contributed by atoms with Crippen molar-refractivity contribution in [1.82, 2.24) is 0 Å². The molecular formula is C13H22O6. The number of hydrogen-bond donors (Lipinski definition) is 1. The first-order valence-corrected chi connectivity index (χ1v) is 6.66. The standard InChI is InChI=1S/C13H22O6/c1-12(2)16-8-6(14)7(15-5)9-11(10(8)18-12)19-13(3,4)17-9/h6-11,14H,1-5H3/t6-,7-,8+,9+,10+,11+/m0/s1. The summed E-state index contributed by atoms with van der Waals surface area (Å²) in [6, 6.07) is 0. The average Bonchev–Trinajstić information content (AvgIpc) is 2.75. The molecule has 6 atom stereocenters. The number of methoxy groups -OCH3 is 1. The van der Waals surface area contributed by atoms with Crippen molar-refractivity contribution < 1.29 is 28.8 Å². The number of aliphatic hydroxyl groups excluding tert-OH is 1. The third kappa shape index (κ3) is 2.11. The van der Waals surface area contributed by atoms with Gasteiger partial charge in [0, 0.05) is 7.11 Å². The maximum Gasteiger partial charge on any atom is 0.164 e. The maximum absolute atomic E-state index is 10.4. The van der Waals surface area contributed by atoms with Gasteiger partial charge in [0.25, 0.3) is 0 Å². The molecule has 1 N–H and O–H groups in total. The van der Waals surface area contributed by atoms with Crippen LogP contribution < -0.4 is 0 Å². The molecule has 0 aromatic heterocycles. The fraction of sp³-hybridized carbons (Fsp3) is 1.00. The molecule has 2 aliphatic heterocycles. The highest BCUT2D eigenvalue weighted by Crippen LogP contribution is 2.45. The Morgan fingerprint density at radius 2 is 1.21 bits per heavy atom. The van der Waals surface area contributed by atoms with Gasteiger partial charge in [0.05, 0.1) is 0 Å². The molecule has 6 nitrogen and oxygen atoms in total. The summed E-state index contributed by atoms with van der Waals surface area (Å²) in [5.41, 5.74) is 0. The van der Waals surface area contributed by atoms with Crippen molar-refractivity contribution in [2.24, 2.45) is 0 Å². The number of rotatable bonds is 1. The minimum Gasteiger partial charge on any atom is -0.387 e. The van der Waals surface area contributed by atoms with E-state index in [2.05, 4.69) is 0 Å². The lowest BCUT2D eigenvalue weighted by atomic mass is 9.85. The van der Waals surface area contributed by atoms with Crippen molar-refractivity contribution in [2.75, 3.05) is 7.11 Å². The Bertz CT molecular complexity index is 368. The van der Waals surface area contributed by atoms with E-state index >= 15 is 0 Å². The summed E-state index contributed by atoms with van der Waals surface area (Å²) in [4.78, 5) is 0. The quantitative estimate of drug-likeness (QED) is 0.747. The highest BCUT2D eigenvalue weighted by Gasteiger charge is 2.63. The average molecular weight is 274 g/mol. The Morgan fingerprint density at radius 1 is 0.789 bits per heavy atom. The second-order valence-electron chi connectivity index (χ2n) is 6.32. The van der Waals surface area contributed by atoms with Crippen LogP contribution in [0.3, 0.4) is 0 Å². The van der Waals surface area contributed by atoms with Crippen molar-refractivity contribution >= 4 is 0 Å². The van der Waals surface area contributed by atoms with E-state index in [-0.39, 0.29) is 18.3 Å². The summed E-state index contributed by atoms with van der Waals surface area (Å²) in [7, 11) is 1.56. The molecule has 0 aromatic rings. The summed E-state index contributed by atoms with van der Waals surface area (Å²) in [6.07, 6.45) is -2.73. The van der Waals surface area contributed by atoms with Crippen molar-refractivity contribution in [2.45, 2.75) is 75.9 Å². The SMILES string of the molecule is CO[C@H]1[C@H](O)[C@H]2OC(C)(C)O[C@H]2[C@@H]2OC(C)(C)O[C@@H]21. The van der Waals surface area contributed by atoms with Gasteiger partial charge < -0.3 is 28.8 Å². The van der Waals surface area contributed by atoms with Crippen molar-refractivity contribution in [3.05, 3.63) is 0 Å². The molecule has 0 amide bonds. The van der Waals surface area contributed by atoms with Crippen LogP contribution in [0.1, 0.15) is 27.7 Å². The molecule has 1 saturated carbocycles. The van der Waals surface area contributed by atoms with Gasteiger partial charge >= 0.3 is 0 Å². The van der Waals surface area contributed by atoms with Gasteiger partial charge in [-0.05, 0) is 27.7 Å². The Balaban J connectivity index is 1.93. The van der Waals surface area contributed by atoms with Crippen LogP contribution in [0.2, 0.25) is 0 Å². The van der Waals surface area contributed by atoms with Crippen LogP contribution in [-0.4, -0.2) is 60.4 Å². The van der Waals surface area contributed by atoms with Gasteiger partial charge in [-0.15, -0.1) is 0 Å². The van der Waals surface area contributed by atoms with Gasteiger partial charge in [-0.1, -0.05) is 0 Å². The van der Waals surface area contributed by atoms with Gasteiger partial charge in [-0.3, -0.25) is 0 Å². The van der Waals surface area contributed by atoms with Crippen LogP contribution in [0, 0.1) is 0 Å². The third-order valence-corrected chi connectivity index (χ3v) is 3.92. The van der Waals surface area contributed by atoms with Crippen molar-refractivity contribution in [3.63, 3.8) is 0 Å². The van der Waals surface area contributed by atoms with E-state index in [1.54, 1.807) is 7.11 Å². The first kappa shape index (κ1) is 13.7. The molecule has 3 fully saturated rings. The lowest BCUT2D eigenvalue weighted by molar-refractivity contribution is -0.188. The lowest BCUT2D eigenvalue weighted by Crippen LogP contribution is -2.62. The van der Waals surface area contributed by atoms with Crippen molar-refractivity contribution in [3.8, 4) is 0 Å². The van der Waals surface area contributed by atoms with E-state index < -0.39 is 29.9 Å². The molecule has 2 saturated heterocycles. The van der Waals surface area contributed by atoms with E-state index in [0.717, 1.165) is 0 Å². The van der Waals surface area contributed by atoms with Crippen LogP contribution in [0.25, 0.3) is 0 Å². The minimum atomic E-state index is -0.796. The van der Waals surface area contributed by atoms with E-state index in [0.29, 0.717) is 0 Å². The predicted molar refractivity (Wildman–Crippen MR) is 64.5 cm³/mol. The summed E-state index contributed by atoms with van der Waals surface area (Å²) in [5, 5.41) is 10.4.